The molecule has 2 fully saturated rings. The SMILES string of the molecule is CN=C(NCC1(Cc2ccccc2)CC1)NC1CCN(CC(C)C)CC1.I. The maximum absolute atomic E-state index is 4.47. The maximum Gasteiger partial charge on any atom is 0.191 e. The van der Waals surface area contributed by atoms with E-state index in [1.807, 2.05) is 7.05 Å². The van der Waals surface area contributed by atoms with Crippen LogP contribution >= 0.6 is 24.0 Å². The van der Waals surface area contributed by atoms with Gasteiger partial charge in [-0.15, -0.1) is 24.0 Å². The first-order chi connectivity index (χ1) is 12.6. The molecule has 4 nitrogen and oxygen atoms in total. The largest absolute Gasteiger partial charge is 0.356 e. The van der Waals surface area contributed by atoms with Gasteiger partial charge in [0.25, 0.3) is 0 Å². The van der Waals surface area contributed by atoms with E-state index in [0.29, 0.717) is 11.5 Å². The Bertz CT molecular complexity index is 575. The van der Waals surface area contributed by atoms with Gasteiger partial charge in [-0.3, -0.25) is 4.99 Å². The maximum atomic E-state index is 4.47. The number of nitrogens with zero attached hydrogens (tertiary/aromatic N) is 2. The number of hydrogen-bond acceptors (Lipinski definition) is 2. The summed E-state index contributed by atoms with van der Waals surface area (Å²) < 4.78 is 0. The zero-order valence-corrected chi connectivity index (χ0v) is 19.5. The van der Waals surface area contributed by atoms with Crippen molar-refractivity contribution in [2.24, 2.45) is 16.3 Å². The summed E-state index contributed by atoms with van der Waals surface area (Å²) in [5.74, 6) is 1.74. The van der Waals surface area contributed by atoms with Crippen molar-refractivity contribution in [1.82, 2.24) is 15.5 Å². The number of likely N-dealkylation sites (tertiary alicyclic amines) is 1. The first-order valence-corrected chi connectivity index (χ1v) is 10.3. The number of nitrogens with one attached hydrogen (secondary N) is 2. The number of piperidine rings is 1. The fourth-order valence-electron chi connectivity index (χ4n) is 4.06. The number of rotatable bonds is 7. The molecule has 1 heterocycles. The first kappa shape index (κ1) is 22.5. The van der Waals surface area contributed by atoms with Crippen molar-refractivity contribution in [3.05, 3.63) is 35.9 Å². The molecule has 152 valence electrons. The number of guanidine groups is 1. The molecular formula is C22H37IN4. The highest BCUT2D eigenvalue weighted by Crippen LogP contribution is 2.47. The Morgan fingerprint density at radius 2 is 1.85 bits per heavy atom. The van der Waals surface area contributed by atoms with Crippen molar-refractivity contribution >= 4 is 29.9 Å². The van der Waals surface area contributed by atoms with Crippen LogP contribution in [0.15, 0.2) is 35.3 Å². The third-order valence-electron chi connectivity index (χ3n) is 5.79. The summed E-state index contributed by atoms with van der Waals surface area (Å²) in [4.78, 5) is 7.06. The van der Waals surface area contributed by atoms with Crippen molar-refractivity contribution < 1.29 is 0 Å². The Morgan fingerprint density at radius 1 is 1.19 bits per heavy atom. The molecule has 0 radical (unpaired) electrons. The van der Waals surface area contributed by atoms with E-state index in [-0.39, 0.29) is 24.0 Å². The van der Waals surface area contributed by atoms with E-state index in [1.165, 1.54) is 57.3 Å². The van der Waals surface area contributed by atoms with Crippen molar-refractivity contribution in [1.29, 1.82) is 0 Å². The predicted octanol–water partition coefficient (Wildman–Crippen LogP) is 3.91. The van der Waals surface area contributed by atoms with E-state index < -0.39 is 0 Å². The van der Waals surface area contributed by atoms with E-state index >= 15 is 0 Å². The van der Waals surface area contributed by atoms with Gasteiger partial charge in [0.15, 0.2) is 5.96 Å². The molecular weight excluding hydrogens is 447 g/mol. The molecule has 1 aromatic carbocycles. The van der Waals surface area contributed by atoms with Crippen molar-refractivity contribution in [3.63, 3.8) is 0 Å². The zero-order chi connectivity index (χ0) is 18.4. The third kappa shape index (κ3) is 7.26. The van der Waals surface area contributed by atoms with Crippen LogP contribution in [-0.2, 0) is 6.42 Å². The summed E-state index contributed by atoms with van der Waals surface area (Å²) in [5, 5.41) is 7.26. The second-order valence-electron chi connectivity index (χ2n) is 8.70. The molecule has 0 bridgehead atoms. The molecule has 0 aromatic heterocycles. The summed E-state index contributed by atoms with van der Waals surface area (Å²) in [6.07, 6.45) is 6.23. The van der Waals surface area contributed by atoms with E-state index in [4.69, 9.17) is 0 Å². The van der Waals surface area contributed by atoms with Gasteiger partial charge >= 0.3 is 0 Å². The topological polar surface area (TPSA) is 39.7 Å². The van der Waals surface area contributed by atoms with Crippen LogP contribution in [0.2, 0.25) is 0 Å². The molecule has 27 heavy (non-hydrogen) atoms. The van der Waals surface area contributed by atoms with Gasteiger partial charge in [0, 0.05) is 39.3 Å². The molecule has 0 atom stereocenters. The Hall–Kier alpha value is -0.820. The molecule has 2 N–H and O–H groups in total. The van der Waals surface area contributed by atoms with Crippen LogP contribution in [0.3, 0.4) is 0 Å². The second-order valence-corrected chi connectivity index (χ2v) is 8.70. The number of halogens is 1. The second kappa shape index (κ2) is 10.6. The Labute approximate surface area is 182 Å². The fourth-order valence-corrected chi connectivity index (χ4v) is 4.06. The van der Waals surface area contributed by atoms with Gasteiger partial charge in [0.05, 0.1) is 0 Å². The van der Waals surface area contributed by atoms with Crippen molar-refractivity contribution in [2.45, 2.75) is 52.0 Å². The third-order valence-corrected chi connectivity index (χ3v) is 5.79. The Kier molecular flexibility index (Phi) is 8.86. The van der Waals surface area contributed by atoms with E-state index in [2.05, 4.69) is 64.7 Å². The fraction of sp³-hybridized carbons (Fsp3) is 0.682. The molecule has 1 saturated heterocycles. The minimum atomic E-state index is 0. The minimum absolute atomic E-state index is 0. The predicted molar refractivity (Wildman–Crippen MR) is 126 cm³/mol. The van der Waals surface area contributed by atoms with Gasteiger partial charge in [0.2, 0.25) is 0 Å². The van der Waals surface area contributed by atoms with Crippen molar-refractivity contribution in [2.75, 3.05) is 33.2 Å². The molecule has 0 spiro atoms. The molecule has 1 aliphatic heterocycles. The van der Waals surface area contributed by atoms with Gasteiger partial charge in [-0.25, -0.2) is 0 Å². The lowest BCUT2D eigenvalue weighted by Crippen LogP contribution is -2.50. The highest BCUT2D eigenvalue weighted by atomic mass is 127. The van der Waals surface area contributed by atoms with Crippen LogP contribution in [0.1, 0.15) is 45.1 Å². The smallest absolute Gasteiger partial charge is 0.191 e. The molecule has 1 aliphatic carbocycles. The number of benzene rings is 1. The van der Waals surface area contributed by atoms with E-state index in [1.54, 1.807) is 0 Å². The molecule has 1 aromatic rings. The van der Waals surface area contributed by atoms with Gasteiger partial charge in [-0.2, -0.15) is 0 Å². The Balaban J connectivity index is 0.00000261. The zero-order valence-electron chi connectivity index (χ0n) is 17.2. The summed E-state index contributed by atoms with van der Waals surface area (Å²) in [5.41, 5.74) is 1.88. The molecule has 2 aliphatic rings. The van der Waals surface area contributed by atoms with Crippen LogP contribution in [0.25, 0.3) is 0 Å². The average molecular weight is 484 g/mol. The van der Waals surface area contributed by atoms with Crippen LogP contribution in [0, 0.1) is 11.3 Å². The summed E-state index contributed by atoms with van der Waals surface area (Å²) >= 11 is 0. The molecule has 0 unspecified atom stereocenters. The summed E-state index contributed by atoms with van der Waals surface area (Å²) in [7, 11) is 1.89. The minimum Gasteiger partial charge on any atom is -0.356 e. The van der Waals surface area contributed by atoms with Crippen LogP contribution in [0.5, 0.6) is 0 Å². The lowest BCUT2D eigenvalue weighted by atomic mass is 9.96. The average Bonchev–Trinajstić information content (AvgIpc) is 3.40. The van der Waals surface area contributed by atoms with Gasteiger partial charge < -0.3 is 15.5 Å². The van der Waals surface area contributed by atoms with Crippen molar-refractivity contribution in [3.8, 4) is 0 Å². The van der Waals surface area contributed by atoms with Crippen LogP contribution < -0.4 is 10.6 Å². The van der Waals surface area contributed by atoms with E-state index in [9.17, 15) is 0 Å². The lowest BCUT2D eigenvalue weighted by Gasteiger charge is -2.34. The number of hydrogen-bond donors (Lipinski definition) is 2. The van der Waals surface area contributed by atoms with Gasteiger partial charge in [-0.05, 0) is 49.0 Å². The van der Waals surface area contributed by atoms with Gasteiger partial charge in [0.1, 0.15) is 0 Å². The molecule has 0 amide bonds. The standard InChI is InChI=1S/C22H36N4.HI/c1-18(2)16-26-13-9-20(10-14-26)25-21(23-3)24-17-22(11-12-22)15-19-7-5-4-6-8-19;/h4-8,18,20H,9-17H2,1-3H3,(H2,23,24,25);1H. The van der Waals surface area contributed by atoms with Crippen LogP contribution in [-0.4, -0.2) is 50.1 Å². The monoisotopic (exact) mass is 484 g/mol. The molecule has 5 heteroatoms. The Morgan fingerprint density at radius 3 is 2.41 bits per heavy atom. The quantitative estimate of drug-likeness (QED) is 0.350. The molecule has 1 saturated carbocycles. The highest BCUT2D eigenvalue weighted by molar-refractivity contribution is 14.0. The summed E-state index contributed by atoms with van der Waals surface area (Å²) in [6, 6.07) is 11.4. The normalized spacial score (nSPS) is 20.2. The lowest BCUT2D eigenvalue weighted by molar-refractivity contribution is 0.186. The van der Waals surface area contributed by atoms with Gasteiger partial charge in [-0.1, -0.05) is 44.2 Å². The first-order valence-electron chi connectivity index (χ1n) is 10.3. The molecule has 3 rings (SSSR count). The van der Waals surface area contributed by atoms with E-state index in [0.717, 1.165) is 18.4 Å². The van der Waals surface area contributed by atoms with Crippen LogP contribution in [0.4, 0.5) is 0 Å². The highest BCUT2D eigenvalue weighted by Gasteiger charge is 2.42. The number of aliphatic imine (C=N–C) groups is 1. The summed E-state index contributed by atoms with van der Waals surface area (Å²) in [6.45, 7) is 9.25.